The lowest BCUT2D eigenvalue weighted by atomic mass is 10.2. The highest BCUT2D eigenvalue weighted by atomic mass is 32.2. The van der Waals surface area contributed by atoms with E-state index in [1.165, 1.54) is 0 Å². The Balaban J connectivity index is 3.16. The Morgan fingerprint density at radius 2 is 2.08 bits per heavy atom. The van der Waals surface area contributed by atoms with Crippen LogP contribution in [0.3, 0.4) is 0 Å². The standard InChI is InChI=1S/C9H12O2S/c1-6-4-8(11-2)7(10)5-9(6)12-3/h4-5,10H,1-3H3. The normalized spacial score (nSPS) is 9.92. The lowest BCUT2D eigenvalue weighted by Gasteiger charge is -2.07. The van der Waals surface area contributed by atoms with E-state index in [1.54, 1.807) is 24.9 Å². The molecular formula is C9H12O2S. The third kappa shape index (κ3) is 1.67. The second-order valence-electron chi connectivity index (χ2n) is 2.49. The summed E-state index contributed by atoms with van der Waals surface area (Å²) in [6.07, 6.45) is 1.98. The van der Waals surface area contributed by atoms with Crippen LogP contribution in [-0.4, -0.2) is 18.5 Å². The average Bonchev–Trinajstić information content (AvgIpc) is 2.08. The first-order chi connectivity index (χ1) is 5.69. The van der Waals surface area contributed by atoms with Gasteiger partial charge >= 0.3 is 0 Å². The molecule has 0 heterocycles. The molecule has 0 bridgehead atoms. The van der Waals surface area contributed by atoms with Crippen molar-refractivity contribution in [3.8, 4) is 11.5 Å². The molecule has 12 heavy (non-hydrogen) atoms. The molecular weight excluding hydrogens is 172 g/mol. The van der Waals surface area contributed by atoms with Crippen LogP contribution in [0.1, 0.15) is 5.56 Å². The number of ether oxygens (including phenoxy) is 1. The van der Waals surface area contributed by atoms with E-state index >= 15 is 0 Å². The van der Waals surface area contributed by atoms with Gasteiger partial charge in [0.25, 0.3) is 0 Å². The van der Waals surface area contributed by atoms with Gasteiger partial charge in [-0.25, -0.2) is 0 Å². The van der Waals surface area contributed by atoms with Crippen molar-refractivity contribution < 1.29 is 9.84 Å². The van der Waals surface area contributed by atoms with E-state index in [9.17, 15) is 5.11 Å². The van der Waals surface area contributed by atoms with E-state index in [0.29, 0.717) is 5.75 Å². The van der Waals surface area contributed by atoms with Crippen molar-refractivity contribution in [2.45, 2.75) is 11.8 Å². The third-order valence-electron chi connectivity index (χ3n) is 1.70. The van der Waals surface area contributed by atoms with Gasteiger partial charge in [-0.1, -0.05) is 0 Å². The second kappa shape index (κ2) is 3.72. The maximum atomic E-state index is 9.41. The molecule has 1 rings (SSSR count). The average molecular weight is 184 g/mol. The van der Waals surface area contributed by atoms with E-state index in [2.05, 4.69) is 0 Å². The minimum Gasteiger partial charge on any atom is -0.504 e. The van der Waals surface area contributed by atoms with Crippen LogP contribution in [0.25, 0.3) is 0 Å². The van der Waals surface area contributed by atoms with Crippen LogP contribution in [0, 0.1) is 6.92 Å². The Labute approximate surface area is 76.6 Å². The van der Waals surface area contributed by atoms with Gasteiger partial charge in [-0.2, -0.15) is 0 Å². The number of phenols is 1. The minimum absolute atomic E-state index is 0.201. The Morgan fingerprint density at radius 3 is 2.58 bits per heavy atom. The number of rotatable bonds is 2. The van der Waals surface area contributed by atoms with Gasteiger partial charge in [0.15, 0.2) is 11.5 Å². The summed E-state index contributed by atoms with van der Waals surface area (Å²) in [5.41, 5.74) is 1.12. The zero-order valence-corrected chi connectivity index (χ0v) is 8.23. The summed E-state index contributed by atoms with van der Waals surface area (Å²) in [7, 11) is 1.55. The molecule has 0 saturated heterocycles. The molecule has 1 aromatic rings. The number of aromatic hydroxyl groups is 1. The molecule has 3 heteroatoms. The zero-order valence-electron chi connectivity index (χ0n) is 7.42. The predicted molar refractivity (Wildman–Crippen MR) is 51.2 cm³/mol. The SMILES string of the molecule is COc1cc(C)c(SC)cc1O. The molecule has 2 nitrogen and oxygen atoms in total. The van der Waals surface area contributed by atoms with Crippen molar-refractivity contribution in [3.05, 3.63) is 17.7 Å². The van der Waals surface area contributed by atoms with Crippen LogP contribution in [0.2, 0.25) is 0 Å². The van der Waals surface area contributed by atoms with Crippen LogP contribution in [0.5, 0.6) is 11.5 Å². The fourth-order valence-electron chi connectivity index (χ4n) is 1.03. The molecule has 0 fully saturated rings. The van der Waals surface area contributed by atoms with Crippen LogP contribution >= 0.6 is 11.8 Å². The molecule has 1 aromatic carbocycles. The number of hydrogen-bond acceptors (Lipinski definition) is 3. The molecule has 0 unspecified atom stereocenters. The highest BCUT2D eigenvalue weighted by Crippen LogP contribution is 2.32. The van der Waals surface area contributed by atoms with Gasteiger partial charge < -0.3 is 9.84 Å². The summed E-state index contributed by atoms with van der Waals surface area (Å²) in [6, 6.07) is 3.56. The molecule has 0 atom stereocenters. The van der Waals surface area contributed by atoms with Crippen molar-refractivity contribution in [1.82, 2.24) is 0 Å². The van der Waals surface area contributed by atoms with E-state index in [4.69, 9.17) is 4.74 Å². The smallest absolute Gasteiger partial charge is 0.160 e. The van der Waals surface area contributed by atoms with E-state index in [0.717, 1.165) is 10.5 Å². The number of thioether (sulfide) groups is 1. The molecule has 0 aromatic heterocycles. The predicted octanol–water partition coefficient (Wildman–Crippen LogP) is 2.43. The summed E-state index contributed by atoms with van der Waals surface area (Å²) in [5.74, 6) is 0.734. The van der Waals surface area contributed by atoms with Gasteiger partial charge in [-0.05, 0) is 30.9 Å². The quantitative estimate of drug-likeness (QED) is 0.716. The molecule has 0 saturated carbocycles. The maximum Gasteiger partial charge on any atom is 0.160 e. The summed E-state index contributed by atoms with van der Waals surface area (Å²) < 4.78 is 4.97. The molecule has 0 aliphatic heterocycles. The van der Waals surface area contributed by atoms with E-state index < -0.39 is 0 Å². The summed E-state index contributed by atoms with van der Waals surface area (Å²) in [4.78, 5) is 1.08. The van der Waals surface area contributed by atoms with Gasteiger partial charge in [-0.15, -0.1) is 11.8 Å². The Kier molecular flexibility index (Phi) is 2.87. The van der Waals surface area contributed by atoms with Crippen LogP contribution in [0.15, 0.2) is 17.0 Å². The van der Waals surface area contributed by atoms with E-state index in [-0.39, 0.29) is 5.75 Å². The topological polar surface area (TPSA) is 29.5 Å². The number of aryl methyl sites for hydroxylation is 1. The highest BCUT2D eigenvalue weighted by molar-refractivity contribution is 7.98. The number of methoxy groups -OCH3 is 1. The Bertz CT molecular complexity index is 254. The fraction of sp³-hybridized carbons (Fsp3) is 0.333. The van der Waals surface area contributed by atoms with Crippen LogP contribution < -0.4 is 4.74 Å². The monoisotopic (exact) mass is 184 g/mol. The second-order valence-corrected chi connectivity index (χ2v) is 3.34. The Morgan fingerprint density at radius 1 is 1.42 bits per heavy atom. The highest BCUT2D eigenvalue weighted by Gasteiger charge is 2.05. The fourth-order valence-corrected chi connectivity index (χ4v) is 1.64. The van der Waals surface area contributed by atoms with Gasteiger partial charge in [0.1, 0.15) is 0 Å². The lowest BCUT2D eigenvalue weighted by Crippen LogP contribution is -1.86. The molecule has 66 valence electrons. The first-order valence-electron chi connectivity index (χ1n) is 3.60. The van der Waals surface area contributed by atoms with Crippen molar-refractivity contribution >= 4 is 11.8 Å². The van der Waals surface area contributed by atoms with Crippen molar-refractivity contribution in [3.63, 3.8) is 0 Å². The van der Waals surface area contributed by atoms with Crippen molar-refractivity contribution in [1.29, 1.82) is 0 Å². The van der Waals surface area contributed by atoms with Crippen molar-refractivity contribution in [2.24, 2.45) is 0 Å². The molecule has 0 radical (unpaired) electrons. The molecule has 1 N–H and O–H groups in total. The van der Waals surface area contributed by atoms with Gasteiger partial charge in [0, 0.05) is 4.90 Å². The van der Waals surface area contributed by atoms with E-state index in [1.807, 2.05) is 19.2 Å². The Hall–Kier alpha value is -0.830. The zero-order chi connectivity index (χ0) is 9.14. The summed E-state index contributed by atoms with van der Waals surface area (Å²) in [5, 5.41) is 9.41. The summed E-state index contributed by atoms with van der Waals surface area (Å²) in [6.45, 7) is 1.99. The van der Waals surface area contributed by atoms with Gasteiger partial charge in [0.2, 0.25) is 0 Å². The molecule has 0 aliphatic carbocycles. The number of hydrogen-bond donors (Lipinski definition) is 1. The lowest BCUT2D eigenvalue weighted by molar-refractivity contribution is 0.372. The van der Waals surface area contributed by atoms with Gasteiger partial charge in [-0.3, -0.25) is 0 Å². The first kappa shape index (κ1) is 9.26. The van der Waals surface area contributed by atoms with Crippen LogP contribution in [-0.2, 0) is 0 Å². The van der Waals surface area contributed by atoms with Crippen LogP contribution in [0.4, 0.5) is 0 Å². The molecule has 0 amide bonds. The maximum absolute atomic E-state index is 9.41. The van der Waals surface area contributed by atoms with Gasteiger partial charge in [0.05, 0.1) is 7.11 Å². The minimum atomic E-state index is 0.201. The molecule has 0 aliphatic rings. The summed E-state index contributed by atoms with van der Waals surface area (Å²) >= 11 is 1.61. The third-order valence-corrected chi connectivity index (χ3v) is 2.58. The first-order valence-corrected chi connectivity index (χ1v) is 4.83. The van der Waals surface area contributed by atoms with Crippen molar-refractivity contribution in [2.75, 3.05) is 13.4 Å². The molecule has 0 spiro atoms. The number of phenolic OH excluding ortho intramolecular Hbond substituents is 1. The number of benzene rings is 1. The largest absolute Gasteiger partial charge is 0.504 e.